The minimum atomic E-state index is 0.956. The highest BCUT2D eigenvalue weighted by atomic mass is 15.8. The van der Waals surface area contributed by atoms with Gasteiger partial charge in [0, 0.05) is 12.8 Å². The van der Waals surface area contributed by atoms with E-state index in [1.165, 1.54) is 45.0 Å². The van der Waals surface area contributed by atoms with Crippen molar-refractivity contribution in [3.05, 3.63) is 119 Å². The number of nitrogens with zero attached hydrogens (tertiary/aromatic N) is 2. The van der Waals surface area contributed by atoms with Gasteiger partial charge in [-0.05, 0) is 46.5 Å². The van der Waals surface area contributed by atoms with Gasteiger partial charge >= 0.3 is 0 Å². The number of rotatable bonds is 2. The zero-order valence-corrected chi connectivity index (χ0v) is 16.0. The summed E-state index contributed by atoms with van der Waals surface area (Å²) in [6, 6.07) is 34.6. The van der Waals surface area contributed by atoms with Gasteiger partial charge in [-0.2, -0.15) is 0 Å². The molecule has 3 heteroatoms. The second-order valence-electron chi connectivity index (χ2n) is 7.64. The molecule has 3 nitrogen and oxygen atoms in total. The van der Waals surface area contributed by atoms with Crippen LogP contribution in [-0.4, -0.2) is 0 Å². The smallest absolute Gasteiger partial charge is 0.0631 e. The van der Waals surface area contributed by atoms with Crippen LogP contribution in [0.2, 0.25) is 0 Å². The van der Waals surface area contributed by atoms with Gasteiger partial charge in [0.1, 0.15) is 0 Å². The van der Waals surface area contributed by atoms with Crippen LogP contribution in [0.4, 0.5) is 22.7 Å². The van der Waals surface area contributed by atoms with E-state index < -0.39 is 0 Å². The highest BCUT2D eigenvalue weighted by molar-refractivity contribution is 5.77. The predicted octanol–water partition coefficient (Wildman–Crippen LogP) is 5.89. The van der Waals surface area contributed by atoms with E-state index in [0.29, 0.717) is 0 Å². The Labute approximate surface area is 170 Å². The molecule has 0 fully saturated rings. The van der Waals surface area contributed by atoms with Crippen molar-refractivity contribution < 1.29 is 0 Å². The van der Waals surface area contributed by atoms with Gasteiger partial charge < -0.3 is 0 Å². The maximum atomic E-state index is 3.75. The lowest BCUT2D eigenvalue weighted by atomic mass is 9.96. The van der Waals surface area contributed by atoms with Crippen molar-refractivity contribution in [3.63, 3.8) is 0 Å². The van der Waals surface area contributed by atoms with Gasteiger partial charge in [-0.25, -0.2) is 0 Å². The summed E-state index contributed by atoms with van der Waals surface area (Å²) in [5, 5.41) is 4.46. The topological polar surface area (TPSA) is 18.5 Å². The van der Waals surface area contributed by atoms with Gasteiger partial charge in [0.05, 0.1) is 22.7 Å². The Hall–Kier alpha value is -3.56. The molecule has 6 rings (SSSR count). The summed E-state index contributed by atoms with van der Waals surface area (Å²) in [5.74, 6) is 0. The molecule has 0 atom stereocenters. The van der Waals surface area contributed by atoms with E-state index in [1.807, 2.05) is 0 Å². The third-order valence-corrected chi connectivity index (χ3v) is 5.89. The molecule has 0 saturated heterocycles. The Bertz CT molecular complexity index is 1030. The Morgan fingerprint density at radius 2 is 0.690 bits per heavy atom. The first-order chi connectivity index (χ1) is 14.4. The lowest BCUT2D eigenvalue weighted by Gasteiger charge is -2.41. The van der Waals surface area contributed by atoms with Crippen LogP contribution in [-0.2, 0) is 12.8 Å². The molecular formula is C26H21N3. The maximum Gasteiger partial charge on any atom is 0.0631 e. The van der Waals surface area contributed by atoms with Crippen molar-refractivity contribution in [1.82, 2.24) is 5.53 Å². The second-order valence-corrected chi connectivity index (χ2v) is 7.64. The number of hydrazine groups is 2. The minimum Gasteiger partial charge on any atom is -0.258 e. The summed E-state index contributed by atoms with van der Waals surface area (Å²) in [7, 11) is 0. The third-order valence-electron chi connectivity index (χ3n) is 5.89. The van der Waals surface area contributed by atoms with Crippen LogP contribution < -0.4 is 15.6 Å². The lowest BCUT2D eigenvalue weighted by Crippen LogP contribution is -2.48. The number of hydrogen-bond acceptors (Lipinski definition) is 3. The number of benzene rings is 4. The average Bonchev–Trinajstić information content (AvgIpc) is 2.78. The van der Waals surface area contributed by atoms with Crippen molar-refractivity contribution in [2.45, 2.75) is 12.8 Å². The van der Waals surface area contributed by atoms with E-state index in [0.717, 1.165) is 12.8 Å². The van der Waals surface area contributed by atoms with Crippen molar-refractivity contribution in [2.24, 2.45) is 0 Å². The van der Waals surface area contributed by atoms with Crippen LogP contribution in [0.25, 0.3) is 0 Å². The summed E-state index contributed by atoms with van der Waals surface area (Å²) >= 11 is 0. The highest BCUT2D eigenvalue weighted by Gasteiger charge is 2.28. The number of fused-ring (bicyclic) bond motifs is 4. The van der Waals surface area contributed by atoms with Crippen molar-refractivity contribution in [2.75, 3.05) is 10.0 Å². The van der Waals surface area contributed by atoms with Crippen LogP contribution in [0.15, 0.2) is 97.1 Å². The van der Waals surface area contributed by atoms with Crippen molar-refractivity contribution in [1.29, 1.82) is 0 Å². The molecular weight excluding hydrogens is 354 g/mol. The van der Waals surface area contributed by atoms with E-state index in [1.54, 1.807) is 0 Å². The normalized spacial score (nSPS) is 13.9. The number of nitrogens with one attached hydrogen (secondary N) is 1. The molecule has 0 spiro atoms. The standard InChI is InChI=1S/C26H21N3/c1-5-13-23-19(9-1)17-20-10-2-6-14-24(20)28(23)27-29-25-15-7-3-11-21(25)18-22-12-4-8-16-26(22)29/h1-16,27H,17-18H2. The average molecular weight is 375 g/mol. The van der Waals surface area contributed by atoms with Crippen LogP contribution in [0.1, 0.15) is 22.3 Å². The van der Waals surface area contributed by atoms with Crippen LogP contribution in [0.3, 0.4) is 0 Å². The van der Waals surface area contributed by atoms with E-state index in [2.05, 4.69) is 113 Å². The number of hydrogen-bond donors (Lipinski definition) is 1. The van der Waals surface area contributed by atoms with Crippen LogP contribution in [0, 0.1) is 0 Å². The molecule has 0 unspecified atom stereocenters. The van der Waals surface area contributed by atoms with E-state index in [9.17, 15) is 0 Å². The molecule has 0 aliphatic carbocycles. The molecule has 0 bridgehead atoms. The van der Waals surface area contributed by atoms with Gasteiger partial charge in [0.15, 0.2) is 0 Å². The Morgan fingerprint density at radius 1 is 0.414 bits per heavy atom. The number of anilines is 4. The zero-order chi connectivity index (χ0) is 19.2. The molecule has 2 aliphatic rings. The molecule has 29 heavy (non-hydrogen) atoms. The van der Waals surface area contributed by atoms with Gasteiger partial charge in [-0.15, -0.1) is 5.53 Å². The van der Waals surface area contributed by atoms with Crippen molar-refractivity contribution in [3.8, 4) is 0 Å². The largest absolute Gasteiger partial charge is 0.258 e. The fraction of sp³-hybridized carbons (Fsp3) is 0.0769. The van der Waals surface area contributed by atoms with Gasteiger partial charge in [0.25, 0.3) is 0 Å². The van der Waals surface area contributed by atoms with E-state index >= 15 is 0 Å². The highest BCUT2D eigenvalue weighted by Crippen LogP contribution is 2.41. The van der Waals surface area contributed by atoms with Crippen molar-refractivity contribution >= 4 is 22.7 Å². The van der Waals surface area contributed by atoms with Gasteiger partial charge in [-0.3, -0.25) is 10.0 Å². The minimum absolute atomic E-state index is 0.956. The summed E-state index contributed by atoms with van der Waals surface area (Å²) in [6.45, 7) is 0. The third kappa shape index (κ3) is 2.63. The summed E-state index contributed by atoms with van der Waals surface area (Å²) < 4.78 is 0. The Morgan fingerprint density at radius 3 is 1.00 bits per heavy atom. The summed E-state index contributed by atoms with van der Waals surface area (Å²) in [4.78, 5) is 0. The molecule has 0 aromatic heterocycles. The molecule has 140 valence electrons. The zero-order valence-electron chi connectivity index (χ0n) is 16.0. The molecule has 0 amide bonds. The molecule has 2 aliphatic heterocycles. The fourth-order valence-electron chi connectivity index (χ4n) is 4.50. The van der Waals surface area contributed by atoms with Crippen LogP contribution in [0.5, 0.6) is 0 Å². The first-order valence-electron chi connectivity index (χ1n) is 10.1. The van der Waals surface area contributed by atoms with Gasteiger partial charge in [0.2, 0.25) is 0 Å². The summed E-state index contributed by atoms with van der Waals surface area (Å²) in [5.41, 5.74) is 13.9. The quantitative estimate of drug-likeness (QED) is 0.471. The first-order valence-corrected chi connectivity index (χ1v) is 10.1. The molecule has 4 aromatic carbocycles. The molecule has 2 heterocycles. The second kappa shape index (κ2) is 6.50. The molecule has 1 N–H and O–H groups in total. The molecule has 0 radical (unpaired) electrons. The predicted molar refractivity (Wildman–Crippen MR) is 119 cm³/mol. The Balaban J connectivity index is 1.51. The summed E-state index contributed by atoms with van der Waals surface area (Å²) in [6.07, 6.45) is 1.91. The fourth-order valence-corrected chi connectivity index (χ4v) is 4.50. The maximum absolute atomic E-state index is 3.75. The molecule has 4 aromatic rings. The first kappa shape index (κ1) is 16.4. The van der Waals surface area contributed by atoms with Crippen LogP contribution >= 0.6 is 0 Å². The lowest BCUT2D eigenvalue weighted by molar-refractivity contribution is 0.698. The van der Waals surface area contributed by atoms with Gasteiger partial charge in [-0.1, -0.05) is 72.8 Å². The SMILES string of the molecule is c1ccc2c(c1)Cc1ccccc1N2NN1c2ccccc2Cc2ccccc21. The van der Waals surface area contributed by atoms with E-state index in [-0.39, 0.29) is 0 Å². The Kier molecular flexibility index (Phi) is 3.68. The molecule has 0 saturated carbocycles. The monoisotopic (exact) mass is 375 g/mol. The van der Waals surface area contributed by atoms with E-state index in [4.69, 9.17) is 0 Å². The number of para-hydroxylation sites is 4.